The Kier molecular flexibility index (Phi) is 6.69. The fourth-order valence-electron chi connectivity index (χ4n) is 1.65. The van der Waals surface area contributed by atoms with Gasteiger partial charge in [-0.15, -0.1) is 0 Å². The average molecular weight is 383 g/mol. The minimum atomic E-state index is -2.26. The SMILES string of the molecule is CC(C)C(=NOCc1c(F)c(F)c(F)c(F)c1F)C(=O)O[Si](C)(C)C. The number of benzene rings is 1. The topological polar surface area (TPSA) is 47.9 Å². The first-order chi connectivity index (χ1) is 11.4. The van der Waals surface area contributed by atoms with Crippen LogP contribution >= 0.6 is 0 Å². The number of carbonyl (C=O) groups excluding carboxylic acids is 1. The van der Waals surface area contributed by atoms with Crippen molar-refractivity contribution in [3.8, 4) is 0 Å². The molecule has 140 valence electrons. The van der Waals surface area contributed by atoms with Gasteiger partial charge in [0.05, 0.1) is 5.56 Å². The molecule has 0 atom stereocenters. The van der Waals surface area contributed by atoms with E-state index in [9.17, 15) is 26.7 Å². The number of halogens is 5. The van der Waals surface area contributed by atoms with Gasteiger partial charge >= 0.3 is 5.97 Å². The minimum absolute atomic E-state index is 0.161. The van der Waals surface area contributed by atoms with Gasteiger partial charge in [-0.25, -0.2) is 26.7 Å². The summed E-state index contributed by atoms with van der Waals surface area (Å²) in [6.07, 6.45) is 0. The lowest BCUT2D eigenvalue weighted by Gasteiger charge is -2.19. The average Bonchev–Trinajstić information content (AvgIpc) is 2.48. The lowest BCUT2D eigenvalue weighted by atomic mass is 10.1. The summed E-state index contributed by atoms with van der Waals surface area (Å²) >= 11 is 0. The second-order valence-corrected chi connectivity index (χ2v) is 10.9. The molecule has 0 aromatic heterocycles. The van der Waals surface area contributed by atoms with Crippen LogP contribution in [0, 0.1) is 35.0 Å². The molecule has 0 amide bonds. The molecule has 0 aliphatic rings. The Bertz CT molecular complexity index is 672. The molecule has 4 nitrogen and oxygen atoms in total. The summed E-state index contributed by atoms with van der Waals surface area (Å²) in [5.41, 5.74) is -1.34. The Morgan fingerprint density at radius 3 is 1.80 bits per heavy atom. The molecular weight excluding hydrogens is 365 g/mol. The van der Waals surface area contributed by atoms with E-state index in [2.05, 4.69) is 9.99 Å². The molecule has 1 aromatic carbocycles. The standard InChI is InChI=1S/C15H18F5NO3Si/c1-7(2)14(15(22)24-25(3,4)5)21-23-6-8-9(16)11(18)13(20)12(19)10(8)17/h7H,6H2,1-5H3. The fraction of sp³-hybridized carbons (Fsp3) is 0.467. The molecule has 0 spiro atoms. The Labute approximate surface area is 142 Å². The quantitative estimate of drug-likeness (QED) is 0.184. The van der Waals surface area contributed by atoms with E-state index in [-0.39, 0.29) is 5.71 Å². The lowest BCUT2D eigenvalue weighted by Crippen LogP contribution is -2.35. The molecule has 0 radical (unpaired) electrons. The van der Waals surface area contributed by atoms with Crippen molar-refractivity contribution in [2.24, 2.45) is 11.1 Å². The summed E-state index contributed by atoms with van der Waals surface area (Å²) in [6, 6.07) is 0. The van der Waals surface area contributed by atoms with Gasteiger partial charge in [-0.1, -0.05) is 19.0 Å². The summed E-state index contributed by atoms with van der Waals surface area (Å²) in [5, 5.41) is 3.46. The van der Waals surface area contributed by atoms with Crippen molar-refractivity contribution in [2.45, 2.75) is 40.1 Å². The summed E-state index contributed by atoms with van der Waals surface area (Å²) < 4.78 is 71.5. The maximum atomic E-state index is 13.5. The van der Waals surface area contributed by atoms with Gasteiger partial charge in [0, 0.05) is 5.92 Å². The van der Waals surface area contributed by atoms with E-state index >= 15 is 0 Å². The number of rotatable bonds is 6. The first kappa shape index (κ1) is 21.1. The molecule has 0 fully saturated rings. The number of nitrogens with zero attached hydrogens (tertiary/aromatic N) is 1. The zero-order valence-electron chi connectivity index (χ0n) is 14.3. The highest BCUT2D eigenvalue weighted by Gasteiger charge is 2.28. The van der Waals surface area contributed by atoms with Gasteiger partial charge in [0.15, 0.2) is 29.0 Å². The van der Waals surface area contributed by atoms with E-state index in [4.69, 9.17) is 4.43 Å². The Hall–Kier alpha value is -1.97. The van der Waals surface area contributed by atoms with Crippen LogP contribution in [-0.2, 0) is 20.7 Å². The summed E-state index contributed by atoms with van der Waals surface area (Å²) in [6.45, 7) is 7.45. The predicted molar refractivity (Wildman–Crippen MR) is 82.7 cm³/mol. The molecule has 0 bridgehead atoms. The smallest absolute Gasteiger partial charge is 0.343 e. The van der Waals surface area contributed by atoms with Crippen LogP contribution in [0.3, 0.4) is 0 Å². The lowest BCUT2D eigenvalue weighted by molar-refractivity contribution is -0.128. The highest BCUT2D eigenvalue weighted by molar-refractivity contribution is 6.72. The molecule has 0 unspecified atom stereocenters. The molecule has 1 rings (SSSR count). The highest BCUT2D eigenvalue weighted by Crippen LogP contribution is 2.23. The Morgan fingerprint density at radius 1 is 0.960 bits per heavy atom. The van der Waals surface area contributed by atoms with E-state index in [1.54, 1.807) is 33.5 Å². The van der Waals surface area contributed by atoms with E-state index in [1.165, 1.54) is 0 Å². The van der Waals surface area contributed by atoms with Crippen molar-refractivity contribution in [1.29, 1.82) is 0 Å². The number of oxime groups is 1. The molecule has 0 N–H and O–H groups in total. The van der Waals surface area contributed by atoms with Crippen LogP contribution in [0.25, 0.3) is 0 Å². The largest absolute Gasteiger partial charge is 0.515 e. The van der Waals surface area contributed by atoms with Crippen LogP contribution in [-0.4, -0.2) is 20.0 Å². The summed E-state index contributed by atoms with van der Waals surface area (Å²) in [7, 11) is -2.22. The van der Waals surface area contributed by atoms with Crippen LogP contribution < -0.4 is 0 Å². The first-order valence-corrected chi connectivity index (χ1v) is 10.7. The Morgan fingerprint density at radius 2 is 1.40 bits per heavy atom. The van der Waals surface area contributed by atoms with Gasteiger partial charge in [-0.05, 0) is 19.6 Å². The van der Waals surface area contributed by atoms with Gasteiger partial charge in [0.25, 0.3) is 0 Å². The first-order valence-electron chi connectivity index (χ1n) is 7.30. The van der Waals surface area contributed by atoms with Gasteiger partial charge < -0.3 is 9.26 Å². The van der Waals surface area contributed by atoms with Crippen LogP contribution in [0.2, 0.25) is 19.6 Å². The van der Waals surface area contributed by atoms with Gasteiger partial charge in [0.1, 0.15) is 6.61 Å². The van der Waals surface area contributed by atoms with Crippen LogP contribution in [0.4, 0.5) is 22.0 Å². The third-order valence-electron chi connectivity index (χ3n) is 2.83. The van der Waals surface area contributed by atoms with E-state index in [1.807, 2.05) is 0 Å². The number of hydrogen-bond donors (Lipinski definition) is 0. The molecule has 0 heterocycles. The predicted octanol–water partition coefficient (Wildman–Crippen LogP) is 4.29. The third-order valence-corrected chi connectivity index (χ3v) is 3.63. The molecule has 1 aromatic rings. The second kappa shape index (κ2) is 7.94. The molecule has 0 saturated carbocycles. The van der Waals surface area contributed by atoms with Crippen molar-refractivity contribution in [1.82, 2.24) is 0 Å². The van der Waals surface area contributed by atoms with Crippen molar-refractivity contribution >= 4 is 20.0 Å². The zero-order valence-corrected chi connectivity index (χ0v) is 15.3. The summed E-state index contributed by atoms with van der Waals surface area (Å²) in [4.78, 5) is 16.7. The Balaban J connectivity index is 3.03. The van der Waals surface area contributed by atoms with Crippen molar-refractivity contribution < 1.29 is 36.0 Å². The van der Waals surface area contributed by atoms with Crippen molar-refractivity contribution in [3.05, 3.63) is 34.6 Å². The molecule has 0 saturated heterocycles. The normalized spacial score (nSPS) is 12.5. The zero-order chi connectivity index (χ0) is 19.5. The molecule has 25 heavy (non-hydrogen) atoms. The van der Waals surface area contributed by atoms with Gasteiger partial charge in [-0.3, -0.25) is 0 Å². The highest BCUT2D eigenvalue weighted by atomic mass is 28.4. The second-order valence-electron chi connectivity index (χ2n) is 6.46. The molecule has 0 aliphatic carbocycles. The third kappa shape index (κ3) is 5.25. The maximum absolute atomic E-state index is 13.5. The fourth-order valence-corrected chi connectivity index (χ4v) is 2.31. The van der Waals surface area contributed by atoms with E-state index in [0.717, 1.165) is 0 Å². The van der Waals surface area contributed by atoms with Gasteiger partial charge in [0.2, 0.25) is 14.1 Å². The van der Waals surface area contributed by atoms with Crippen LogP contribution in [0.5, 0.6) is 0 Å². The molecular formula is C15H18F5NO3Si. The van der Waals surface area contributed by atoms with Crippen molar-refractivity contribution in [2.75, 3.05) is 0 Å². The van der Waals surface area contributed by atoms with Crippen LogP contribution in [0.15, 0.2) is 5.16 Å². The number of hydrogen-bond acceptors (Lipinski definition) is 4. The maximum Gasteiger partial charge on any atom is 0.343 e. The van der Waals surface area contributed by atoms with Gasteiger partial charge in [-0.2, -0.15) is 0 Å². The molecule has 10 heteroatoms. The van der Waals surface area contributed by atoms with Crippen LogP contribution in [0.1, 0.15) is 19.4 Å². The summed E-state index contributed by atoms with van der Waals surface area (Å²) in [5.74, 6) is -11.6. The van der Waals surface area contributed by atoms with E-state index in [0.29, 0.717) is 0 Å². The van der Waals surface area contributed by atoms with E-state index < -0.39 is 61.5 Å². The monoisotopic (exact) mass is 383 g/mol. The van der Waals surface area contributed by atoms with Crippen molar-refractivity contribution in [3.63, 3.8) is 0 Å². The minimum Gasteiger partial charge on any atom is -0.515 e. The molecule has 0 aliphatic heterocycles. The number of carbonyl (C=O) groups is 1.